The monoisotopic (exact) mass is 197 g/mol. The number of nitrogens with one attached hydrogen (secondary N) is 1. The molecule has 0 aromatic rings. The molecule has 0 heterocycles. The highest BCUT2D eigenvalue weighted by Crippen LogP contribution is 2.24. The number of hydrogen-bond acceptors (Lipinski definition) is 4. The van der Waals surface area contributed by atoms with Gasteiger partial charge in [0.05, 0.1) is 6.10 Å². The van der Waals surface area contributed by atoms with E-state index in [1.165, 1.54) is 0 Å². The van der Waals surface area contributed by atoms with Gasteiger partial charge in [-0.1, -0.05) is 0 Å². The lowest BCUT2D eigenvalue weighted by Crippen LogP contribution is -2.20. The number of nitrogens with two attached hydrogens (primary N) is 2. The van der Waals surface area contributed by atoms with Gasteiger partial charge in [0.25, 0.3) is 0 Å². The van der Waals surface area contributed by atoms with Crippen molar-refractivity contribution in [1.82, 2.24) is 0 Å². The third-order valence-electron chi connectivity index (χ3n) is 0.782. The molecule has 0 bridgehead atoms. The molecule has 12 heavy (non-hydrogen) atoms. The summed E-state index contributed by atoms with van der Waals surface area (Å²) in [7, 11) is -4.16. The smallest absolute Gasteiger partial charge is 0.370 e. The molecule has 6 N–H and O–H groups in total. The van der Waals surface area contributed by atoms with Gasteiger partial charge in [-0.2, -0.15) is 8.42 Å². The average Bonchev–Trinajstić information content (AvgIpc) is 2.42. The van der Waals surface area contributed by atoms with Crippen molar-refractivity contribution >= 4 is 16.4 Å². The van der Waals surface area contributed by atoms with E-state index < -0.39 is 10.4 Å². The molecule has 0 atom stereocenters. The fraction of sp³-hybridized carbons (Fsp3) is 0.750. The van der Waals surface area contributed by atoms with E-state index in [0.29, 0.717) is 0 Å². The summed E-state index contributed by atoms with van der Waals surface area (Å²) >= 11 is 0. The molecule has 0 radical (unpaired) electrons. The second-order valence-electron chi connectivity index (χ2n) is 2.18. The van der Waals surface area contributed by atoms with Crippen molar-refractivity contribution in [3.05, 3.63) is 0 Å². The standard InChI is InChI=1S/C3H6O4S.CH5N3/c4-8(5,6)7-3-1-2-3;2-1(3)4/h3H,1-2H2,(H,4,5,6);(H5,2,3,4). The maximum Gasteiger partial charge on any atom is 0.397 e. The van der Waals surface area contributed by atoms with E-state index in [-0.39, 0.29) is 12.1 Å². The highest BCUT2D eigenvalue weighted by molar-refractivity contribution is 7.80. The molecule has 0 aromatic carbocycles. The van der Waals surface area contributed by atoms with Crippen LogP contribution in [0.25, 0.3) is 0 Å². The molecule has 0 aliphatic heterocycles. The van der Waals surface area contributed by atoms with Gasteiger partial charge in [0.2, 0.25) is 0 Å². The van der Waals surface area contributed by atoms with Gasteiger partial charge < -0.3 is 11.5 Å². The molecule has 1 saturated carbocycles. The highest BCUT2D eigenvalue weighted by Gasteiger charge is 2.27. The van der Waals surface area contributed by atoms with Crippen LogP contribution in [0.4, 0.5) is 0 Å². The fourth-order valence-corrected chi connectivity index (χ4v) is 0.873. The Hall–Kier alpha value is -0.860. The van der Waals surface area contributed by atoms with Crippen LogP contribution >= 0.6 is 0 Å². The van der Waals surface area contributed by atoms with Crippen LogP contribution in [0.2, 0.25) is 0 Å². The minimum absolute atomic E-state index is 0.245. The third-order valence-corrected chi connectivity index (χ3v) is 1.30. The summed E-state index contributed by atoms with van der Waals surface area (Å²) < 4.78 is 31.7. The van der Waals surface area contributed by atoms with E-state index in [9.17, 15) is 8.42 Å². The van der Waals surface area contributed by atoms with Gasteiger partial charge in [0, 0.05) is 0 Å². The van der Waals surface area contributed by atoms with Gasteiger partial charge >= 0.3 is 10.4 Å². The van der Waals surface area contributed by atoms with E-state index in [0.717, 1.165) is 12.8 Å². The number of hydrogen-bond donors (Lipinski definition) is 4. The van der Waals surface area contributed by atoms with Crippen molar-refractivity contribution in [3.63, 3.8) is 0 Å². The van der Waals surface area contributed by atoms with Crippen molar-refractivity contribution < 1.29 is 17.2 Å². The second-order valence-corrected chi connectivity index (χ2v) is 3.23. The predicted octanol–water partition coefficient (Wildman–Crippen LogP) is -1.19. The lowest BCUT2D eigenvalue weighted by molar-refractivity contribution is 0.258. The summed E-state index contributed by atoms with van der Waals surface area (Å²) in [5, 5.41) is 6.06. The normalized spacial score (nSPS) is 16.1. The van der Waals surface area contributed by atoms with Crippen molar-refractivity contribution in [2.75, 3.05) is 0 Å². The van der Waals surface area contributed by atoms with Gasteiger partial charge in [-0.25, -0.2) is 4.18 Å². The number of guanidine groups is 1. The molecular weight excluding hydrogens is 186 g/mol. The quantitative estimate of drug-likeness (QED) is 0.249. The minimum atomic E-state index is -4.16. The van der Waals surface area contributed by atoms with Gasteiger partial charge in [0.1, 0.15) is 0 Å². The summed E-state index contributed by atoms with van der Waals surface area (Å²) in [6, 6.07) is 0. The lowest BCUT2D eigenvalue weighted by Gasteiger charge is -1.91. The Morgan fingerprint density at radius 2 is 1.83 bits per heavy atom. The molecule has 1 rings (SSSR count). The number of rotatable bonds is 2. The predicted molar refractivity (Wildman–Crippen MR) is 41.8 cm³/mol. The first-order valence-electron chi connectivity index (χ1n) is 3.06. The van der Waals surface area contributed by atoms with Crippen LogP contribution in [0.15, 0.2) is 0 Å². The SMILES string of the molecule is N=C(N)N.O=S(=O)(O)OC1CC1. The van der Waals surface area contributed by atoms with E-state index in [4.69, 9.17) is 9.96 Å². The topological polar surface area (TPSA) is 139 Å². The molecule has 1 fully saturated rings. The summed E-state index contributed by atoms with van der Waals surface area (Å²) in [5.41, 5.74) is 8.94. The van der Waals surface area contributed by atoms with Crippen LogP contribution in [0, 0.1) is 5.41 Å². The minimum Gasteiger partial charge on any atom is -0.370 e. The van der Waals surface area contributed by atoms with Crippen molar-refractivity contribution in [2.24, 2.45) is 11.5 Å². The van der Waals surface area contributed by atoms with Gasteiger partial charge in [-0.05, 0) is 12.8 Å². The van der Waals surface area contributed by atoms with Crippen LogP contribution < -0.4 is 11.5 Å². The van der Waals surface area contributed by atoms with Gasteiger partial charge in [-0.3, -0.25) is 9.96 Å². The van der Waals surface area contributed by atoms with Crippen molar-refractivity contribution in [2.45, 2.75) is 18.9 Å². The molecule has 72 valence electrons. The molecular formula is C4H11N3O4S. The second kappa shape index (κ2) is 4.24. The van der Waals surface area contributed by atoms with E-state index in [1.54, 1.807) is 0 Å². The van der Waals surface area contributed by atoms with Crippen LogP contribution in [-0.2, 0) is 14.6 Å². The molecule has 8 heteroatoms. The van der Waals surface area contributed by atoms with Crippen molar-refractivity contribution in [1.29, 1.82) is 5.41 Å². The zero-order valence-electron chi connectivity index (χ0n) is 6.23. The van der Waals surface area contributed by atoms with Crippen LogP contribution in [0.3, 0.4) is 0 Å². The Kier molecular flexibility index (Phi) is 3.93. The Bertz CT molecular complexity index is 241. The highest BCUT2D eigenvalue weighted by atomic mass is 32.3. The first-order valence-corrected chi connectivity index (χ1v) is 4.43. The summed E-state index contributed by atoms with van der Waals surface area (Å²) in [6.45, 7) is 0. The van der Waals surface area contributed by atoms with Crippen LogP contribution in [0.5, 0.6) is 0 Å². The largest absolute Gasteiger partial charge is 0.397 e. The van der Waals surface area contributed by atoms with Gasteiger partial charge in [-0.15, -0.1) is 0 Å². The summed E-state index contributed by atoms with van der Waals surface area (Å²) in [4.78, 5) is 0. The zero-order chi connectivity index (χ0) is 9.78. The maximum atomic E-state index is 9.82. The lowest BCUT2D eigenvalue weighted by atomic mass is 10.9. The molecule has 0 amide bonds. The zero-order valence-corrected chi connectivity index (χ0v) is 7.04. The maximum absolute atomic E-state index is 9.82. The van der Waals surface area contributed by atoms with E-state index in [2.05, 4.69) is 15.7 Å². The van der Waals surface area contributed by atoms with E-state index >= 15 is 0 Å². The molecule has 0 spiro atoms. The Morgan fingerprint density at radius 3 is 1.92 bits per heavy atom. The molecule has 7 nitrogen and oxygen atoms in total. The third kappa shape index (κ3) is 11.9. The fourth-order valence-electron chi connectivity index (χ4n) is 0.336. The summed E-state index contributed by atoms with van der Waals surface area (Å²) in [5.74, 6) is -0.333. The van der Waals surface area contributed by atoms with Crippen molar-refractivity contribution in [3.8, 4) is 0 Å². The molecule has 1 aliphatic rings. The molecule has 0 aromatic heterocycles. The Labute approximate surface area is 70.2 Å². The Balaban J connectivity index is 0.000000261. The molecule has 0 unspecified atom stereocenters. The molecule has 1 aliphatic carbocycles. The van der Waals surface area contributed by atoms with Crippen LogP contribution in [0.1, 0.15) is 12.8 Å². The first-order chi connectivity index (χ1) is 5.31. The van der Waals surface area contributed by atoms with E-state index in [1.807, 2.05) is 0 Å². The first kappa shape index (κ1) is 11.1. The van der Waals surface area contributed by atoms with Gasteiger partial charge in [0.15, 0.2) is 5.96 Å². The van der Waals surface area contributed by atoms with Crippen LogP contribution in [-0.4, -0.2) is 25.0 Å². The summed E-state index contributed by atoms with van der Waals surface area (Å²) in [6.07, 6.45) is 1.23. The Morgan fingerprint density at radius 1 is 1.50 bits per heavy atom. The molecule has 0 saturated heterocycles. The average molecular weight is 197 g/mol.